The maximum atomic E-state index is 13.9. The number of ketones is 2. The molecule has 3 aromatic carbocycles. The smallest absolute Gasteiger partial charge is 0.342 e. The lowest BCUT2D eigenvalue weighted by Gasteiger charge is -2.26. The molecule has 3 heterocycles. The number of benzene rings is 3. The molecular formula is C29H20O10. The third-order valence-electron chi connectivity index (χ3n) is 7.62. The van der Waals surface area contributed by atoms with Gasteiger partial charge in [0.1, 0.15) is 35.0 Å². The predicted octanol–water partition coefficient (Wildman–Crippen LogP) is 3.98. The Hall–Kier alpha value is -4.86. The zero-order valence-electron chi connectivity index (χ0n) is 21.0. The number of methoxy groups -OCH3 is 1. The predicted molar refractivity (Wildman–Crippen MR) is 134 cm³/mol. The summed E-state index contributed by atoms with van der Waals surface area (Å²) in [7, 11) is 1.38. The van der Waals surface area contributed by atoms with Crippen LogP contribution in [-0.2, 0) is 22.3 Å². The molecule has 10 nitrogen and oxygen atoms in total. The molecule has 0 bridgehead atoms. The van der Waals surface area contributed by atoms with Gasteiger partial charge in [-0.3, -0.25) is 9.59 Å². The summed E-state index contributed by atoms with van der Waals surface area (Å²) in [5.74, 6) is -4.08. The topological polar surface area (TPSA) is 150 Å². The molecule has 0 radical (unpaired) electrons. The molecule has 2 atom stereocenters. The normalized spacial score (nSPS) is 19.8. The monoisotopic (exact) mass is 528 g/mol. The van der Waals surface area contributed by atoms with Crippen molar-refractivity contribution in [3.63, 3.8) is 0 Å². The standard InChI is InChI=1S/C29H20O10/c1-9-4-11-6-13-8-15(36-3)20-22-24(32)19-14(30)7-12-5-10(2)37-28(34)16(12)21(19)25(33)27(22)39-26(20)17(13)23(31)18(11)29(35)38-9/h6-10,30-31H,4-5H2,1-3H3/t9-,10+/m0/s1. The first-order valence-electron chi connectivity index (χ1n) is 12.3. The van der Waals surface area contributed by atoms with Gasteiger partial charge in [0.2, 0.25) is 11.6 Å². The largest absolute Gasteiger partial charge is 0.507 e. The Kier molecular flexibility index (Phi) is 4.53. The molecule has 0 fully saturated rings. The number of hydrogen-bond acceptors (Lipinski definition) is 10. The molecular weight excluding hydrogens is 508 g/mol. The van der Waals surface area contributed by atoms with E-state index in [-0.39, 0.29) is 68.2 Å². The summed E-state index contributed by atoms with van der Waals surface area (Å²) in [6, 6.07) is 4.60. The second-order valence-electron chi connectivity index (χ2n) is 10.1. The van der Waals surface area contributed by atoms with E-state index >= 15 is 0 Å². The Morgan fingerprint density at radius 2 is 1.41 bits per heavy atom. The van der Waals surface area contributed by atoms with E-state index in [0.29, 0.717) is 22.9 Å². The molecule has 10 heteroatoms. The average Bonchev–Trinajstić information content (AvgIpc) is 3.26. The Balaban J connectivity index is 1.57. The Labute approximate surface area is 219 Å². The van der Waals surface area contributed by atoms with E-state index in [2.05, 4.69) is 0 Å². The van der Waals surface area contributed by atoms with Gasteiger partial charge in [-0.2, -0.15) is 0 Å². The van der Waals surface area contributed by atoms with Crippen molar-refractivity contribution in [2.75, 3.05) is 7.11 Å². The Morgan fingerprint density at radius 3 is 2.08 bits per heavy atom. The minimum Gasteiger partial charge on any atom is -0.507 e. The molecule has 3 aliphatic rings. The molecule has 2 aliphatic heterocycles. The van der Waals surface area contributed by atoms with Gasteiger partial charge in [0, 0.05) is 12.8 Å². The van der Waals surface area contributed by atoms with Gasteiger partial charge in [0.25, 0.3) is 0 Å². The number of phenolic OH excluding ortho intramolecular Hbond substituents is 2. The van der Waals surface area contributed by atoms with Crippen molar-refractivity contribution < 1.29 is 48.0 Å². The van der Waals surface area contributed by atoms with E-state index in [9.17, 15) is 29.4 Å². The van der Waals surface area contributed by atoms with Gasteiger partial charge in [0.15, 0.2) is 11.3 Å². The van der Waals surface area contributed by atoms with Crippen LogP contribution in [-0.4, -0.2) is 53.0 Å². The molecule has 7 rings (SSSR count). The van der Waals surface area contributed by atoms with Crippen molar-refractivity contribution in [2.24, 2.45) is 0 Å². The Bertz CT molecular complexity index is 1880. The molecule has 0 saturated heterocycles. The zero-order valence-corrected chi connectivity index (χ0v) is 21.0. The number of carbonyl (C=O) groups is 4. The molecule has 0 unspecified atom stereocenters. The lowest BCUT2D eigenvalue weighted by Crippen LogP contribution is -2.31. The highest BCUT2D eigenvalue weighted by molar-refractivity contribution is 6.36. The molecule has 196 valence electrons. The number of carbonyl (C=O) groups excluding carboxylic acids is 4. The SMILES string of the molecule is COc1cc2cc3c(c(O)c2c2oc4c(c12)C(=O)c1c(O)cc2c(c1C4=O)C(=O)O[C@H](C)C2)C(=O)O[C@@H](C)C3. The van der Waals surface area contributed by atoms with Crippen LogP contribution >= 0.6 is 0 Å². The van der Waals surface area contributed by atoms with Crippen LogP contribution in [0.25, 0.3) is 21.7 Å². The summed E-state index contributed by atoms with van der Waals surface area (Å²) >= 11 is 0. The molecule has 1 aromatic heterocycles. The number of fused-ring (bicyclic) bond motifs is 9. The van der Waals surface area contributed by atoms with Gasteiger partial charge in [-0.25, -0.2) is 9.59 Å². The lowest BCUT2D eigenvalue weighted by molar-refractivity contribution is 0.0287. The molecule has 0 amide bonds. The van der Waals surface area contributed by atoms with Crippen molar-refractivity contribution in [3.05, 3.63) is 62.9 Å². The highest BCUT2D eigenvalue weighted by Crippen LogP contribution is 2.49. The summed E-state index contributed by atoms with van der Waals surface area (Å²) in [6.07, 6.45) is -0.226. The second kappa shape index (κ2) is 7.59. The number of furan rings is 1. The molecule has 0 spiro atoms. The van der Waals surface area contributed by atoms with Crippen LogP contribution in [0.1, 0.15) is 77.7 Å². The highest BCUT2D eigenvalue weighted by Gasteiger charge is 2.44. The van der Waals surface area contributed by atoms with Gasteiger partial charge >= 0.3 is 11.9 Å². The number of cyclic esters (lactones) is 2. The third kappa shape index (κ3) is 2.91. The number of phenols is 2. The first-order chi connectivity index (χ1) is 18.6. The van der Waals surface area contributed by atoms with Crippen LogP contribution < -0.4 is 4.74 Å². The van der Waals surface area contributed by atoms with Crippen LogP contribution in [0.3, 0.4) is 0 Å². The van der Waals surface area contributed by atoms with E-state index in [1.807, 2.05) is 0 Å². The van der Waals surface area contributed by atoms with Crippen LogP contribution in [0.2, 0.25) is 0 Å². The maximum Gasteiger partial charge on any atom is 0.342 e. The fraction of sp³-hybridized carbons (Fsp3) is 0.241. The minimum absolute atomic E-state index is 0.0223. The highest BCUT2D eigenvalue weighted by atomic mass is 16.5. The first-order valence-corrected chi connectivity index (χ1v) is 12.3. The van der Waals surface area contributed by atoms with Crippen molar-refractivity contribution in [1.82, 2.24) is 0 Å². The quantitative estimate of drug-likeness (QED) is 0.306. The van der Waals surface area contributed by atoms with E-state index in [4.69, 9.17) is 18.6 Å². The van der Waals surface area contributed by atoms with Gasteiger partial charge in [-0.15, -0.1) is 0 Å². The summed E-state index contributed by atoms with van der Waals surface area (Å²) in [6.45, 7) is 3.42. The van der Waals surface area contributed by atoms with Crippen molar-refractivity contribution in [2.45, 2.75) is 38.9 Å². The van der Waals surface area contributed by atoms with Crippen LogP contribution in [0.15, 0.2) is 22.6 Å². The Morgan fingerprint density at radius 1 is 0.769 bits per heavy atom. The number of esters is 2. The first kappa shape index (κ1) is 23.3. The maximum absolute atomic E-state index is 13.9. The summed E-state index contributed by atoms with van der Waals surface area (Å²) in [5.41, 5.74) is -0.0128. The van der Waals surface area contributed by atoms with Crippen molar-refractivity contribution in [1.29, 1.82) is 0 Å². The van der Waals surface area contributed by atoms with Crippen LogP contribution in [0.4, 0.5) is 0 Å². The fourth-order valence-electron chi connectivity index (χ4n) is 6.08. The van der Waals surface area contributed by atoms with Gasteiger partial charge in [-0.05, 0) is 48.6 Å². The van der Waals surface area contributed by atoms with E-state index in [1.54, 1.807) is 26.0 Å². The average molecular weight is 528 g/mol. The van der Waals surface area contributed by atoms with Gasteiger partial charge in [0.05, 0.1) is 40.1 Å². The molecule has 0 saturated carbocycles. The molecule has 2 N–H and O–H groups in total. The number of ether oxygens (including phenoxy) is 3. The summed E-state index contributed by atoms with van der Waals surface area (Å²) in [5, 5.41) is 22.8. The van der Waals surface area contributed by atoms with Gasteiger partial charge in [-0.1, -0.05) is 0 Å². The minimum atomic E-state index is -0.796. The van der Waals surface area contributed by atoms with E-state index in [0.717, 1.165) is 0 Å². The number of rotatable bonds is 1. The van der Waals surface area contributed by atoms with Gasteiger partial charge < -0.3 is 28.8 Å². The summed E-state index contributed by atoms with van der Waals surface area (Å²) < 4.78 is 22.2. The van der Waals surface area contributed by atoms with Crippen LogP contribution in [0.5, 0.6) is 17.2 Å². The van der Waals surface area contributed by atoms with Crippen LogP contribution in [0, 0.1) is 0 Å². The number of hydrogen-bond donors (Lipinski definition) is 2. The van der Waals surface area contributed by atoms with E-state index in [1.165, 1.54) is 13.2 Å². The third-order valence-corrected chi connectivity index (χ3v) is 7.62. The molecule has 4 aromatic rings. The molecule has 39 heavy (non-hydrogen) atoms. The number of aromatic hydroxyl groups is 2. The molecule has 1 aliphatic carbocycles. The summed E-state index contributed by atoms with van der Waals surface area (Å²) in [4.78, 5) is 53.3. The zero-order chi connectivity index (χ0) is 27.5. The van der Waals surface area contributed by atoms with E-state index < -0.39 is 41.1 Å². The van der Waals surface area contributed by atoms with Crippen molar-refractivity contribution >= 4 is 45.2 Å². The second-order valence-corrected chi connectivity index (χ2v) is 10.1. The van der Waals surface area contributed by atoms with Crippen molar-refractivity contribution in [3.8, 4) is 17.2 Å². The fourth-order valence-corrected chi connectivity index (χ4v) is 6.08. The lowest BCUT2D eigenvalue weighted by atomic mass is 9.80.